The summed E-state index contributed by atoms with van der Waals surface area (Å²) in [6.45, 7) is 0. The number of hydrogen-bond donors (Lipinski definition) is 1. The van der Waals surface area contributed by atoms with Crippen LogP contribution in [0, 0.1) is 11.3 Å². The van der Waals surface area contributed by atoms with Crippen LogP contribution in [0.2, 0.25) is 5.02 Å². The second-order valence-corrected chi connectivity index (χ2v) is 2.51. The van der Waals surface area contributed by atoms with E-state index in [1.165, 1.54) is 6.26 Å². The first-order valence-corrected chi connectivity index (χ1v) is 3.49. The molecule has 0 saturated carbocycles. The van der Waals surface area contributed by atoms with Gasteiger partial charge in [0.1, 0.15) is 5.76 Å². The molecule has 0 fully saturated rings. The summed E-state index contributed by atoms with van der Waals surface area (Å²) in [4.78, 5) is 0. The van der Waals surface area contributed by atoms with E-state index >= 15 is 0 Å². The van der Waals surface area contributed by atoms with E-state index in [0.717, 1.165) is 0 Å². The fourth-order valence-electron chi connectivity index (χ4n) is 0.761. The van der Waals surface area contributed by atoms with Crippen LogP contribution in [0.3, 0.4) is 0 Å². The highest BCUT2D eigenvalue weighted by molar-refractivity contribution is 6.31. The second kappa shape index (κ2) is 3.42. The Hall–Kier alpha value is -0.980. The zero-order chi connectivity index (χ0) is 8.27. The molecule has 0 radical (unpaired) electrons. The summed E-state index contributed by atoms with van der Waals surface area (Å²) in [6.07, 6.45) is 1.67. The van der Waals surface area contributed by atoms with Crippen LogP contribution in [0.5, 0.6) is 0 Å². The maximum Gasteiger partial charge on any atom is 0.140 e. The zero-order valence-electron chi connectivity index (χ0n) is 5.75. The molecule has 0 aliphatic rings. The molecule has 0 aliphatic carbocycles. The van der Waals surface area contributed by atoms with Gasteiger partial charge in [0.25, 0.3) is 0 Å². The van der Waals surface area contributed by atoms with E-state index in [1.807, 2.05) is 6.07 Å². The van der Waals surface area contributed by atoms with Gasteiger partial charge in [-0.1, -0.05) is 11.6 Å². The Morgan fingerprint density at radius 1 is 1.82 bits per heavy atom. The van der Waals surface area contributed by atoms with Gasteiger partial charge in [0.15, 0.2) is 0 Å². The van der Waals surface area contributed by atoms with Crippen molar-refractivity contribution in [3.05, 3.63) is 23.1 Å². The third-order valence-corrected chi connectivity index (χ3v) is 1.60. The van der Waals surface area contributed by atoms with Gasteiger partial charge in [0.2, 0.25) is 0 Å². The molecule has 0 saturated heterocycles. The van der Waals surface area contributed by atoms with Gasteiger partial charge >= 0.3 is 0 Å². The zero-order valence-corrected chi connectivity index (χ0v) is 6.51. The van der Waals surface area contributed by atoms with Gasteiger partial charge in [0, 0.05) is 0 Å². The van der Waals surface area contributed by atoms with Crippen LogP contribution in [-0.4, -0.2) is 0 Å². The summed E-state index contributed by atoms with van der Waals surface area (Å²) >= 11 is 5.69. The summed E-state index contributed by atoms with van der Waals surface area (Å²) < 4.78 is 4.97. The van der Waals surface area contributed by atoms with Crippen LogP contribution in [0.15, 0.2) is 16.7 Å². The molecule has 1 atom stereocenters. The smallest absolute Gasteiger partial charge is 0.140 e. The van der Waals surface area contributed by atoms with E-state index in [0.29, 0.717) is 10.8 Å². The van der Waals surface area contributed by atoms with Crippen LogP contribution in [0.4, 0.5) is 0 Å². The Balaban J connectivity index is 2.77. The average Bonchev–Trinajstić information content (AvgIpc) is 2.36. The first kappa shape index (κ1) is 8.12. The highest BCUT2D eigenvalue weighted by Gasteiger charge is 2.12. The molecular weight excluding hydrogens is 164 g/mol. The molecule has 1 rings (SSSR count). The molecule has 0 unspecified atom stereocenters. The SMILES string of the molecule is N#CC[C@@H](N)c1occc1Cl. The van der Waals surface area contributed by atoms with Crippen molar-refractivity contribution in [2.75, 3.05) is 0 Å². The lowest BCUT2D eigenvalue weighted by molar-refractivity contribution is 0.469. The number of halogens is 1. The molecule has 4 heteroatoms. The Morgan fingerprint density at radius 2 is 2.55 bits per heavy atom. The lowest BCUT2D eigenvalue weighted by atomic mass is 10.2. The average molecular weight is 171 g/mol. The molecule has 2 N–H and O–H groups in total. The van der Waals surface area contributed by atoms with Crippen LogP contribution in [0.25, 0.3) is 0 Å². The predicted octanol–water partition coefficient (Wildman–Crippen LogP) is 1.85. The number of rotatable bonds is 2. The largest absolute Gasteiger partial charge is 0.466 e. The molecule has 1 heterocycles. The Bertz CT molecular complexity index is 276. The first-order valence-electron chi connectivity index (χ1n) is 3.11. The number of hydrogen-bond acceptors (Lipinski definition) is 3. The van der Waals surface area contributed by atoms with Crippen molar-refractivity contribution in [3.63, 3.8) is 0 Å². The highest BCUT2D eigenvalue weighted by atomic mass is 35.5. The number of nitriles is 1. The highest BCUT2D eigenvalue weighted by Crippen LogP contribution is 2.23. The Kier molecular flexibility index (Phi) is 2.53. The Labute approximate surface area is 69.4 Å². The van der Waals surface area contributed by atoms with E-state index in [1.54, 1.807) is 6.07 Å². The summed E-state index contributed by atoms with van der Waals surface area (Å²) in [5.41, 5.74) is 5.55. The van der Waals surface area contributed by atoms with E-state index in [2.05, 4.69) is 0 Å². The second-order valence-electron chi connectivity index (χ2n) is 2.10. The van der Waals surface area contributed by atoms with Crippen molar-refractivity contribution >= 4 is 11.6 Å². The van der Waals surface area contributed by atoms with E-state index in [-0.39, 0.29) is 6.42 Å². The van der Waals surface area contributed by atoms with E-state index in [9.17, 15) is 0 Å². The van der Waals surface area contributed by atoms with Gasteiger partial charge in [-0.25, -0.2) is 0 Å². The van der Waals surface area contributed by atoms with Crippen molar-refractivity contribution in [3.8, 4) is 6.07 Å². The lowest BCUT2D eigenvalue weighted by Crippen LogP contribution is -2.08. The number of nitrogens with two attached hydrogens (primary N) is 1. The Morgan fingerprint density at radius 3 is 3.00 bits per heavy atom. The van der Waals surface area contributed by atoms with E-state index in [4.69, 9.17) is 27.0 Å². The quantitative estimate of drug-likeness (QED) is 0.737. The van der Waals surface area contributed by atoms with Crippen molar-refractivity contribution < 1.29 is 4.42 Å². The minimum absolute atomic E-state index is 0.216. The topological polar surface area (TPSA) is 63.0 Å². The predicted molar refractivity (Wildman–Crippen MR) is 40.9 cm³/mol. The molecule has 0 aliphatic heterocycles. The molecule has 0 amide bonds. The first-order chi connectivity index (χ1) is 5.25. The number of furan rings is 1. The maximum absolute atomic E-state index is 8.31. The normalized spacial score (nSPS) is 12.5. The fraction of sp³-hybridized carbons (Fsp3) is 0.286. The molecular formula is C7H7ClN2O. The van der Waals surface area contributed by atoms with Crippen LogP contribution in [-0.2, 0) is 0 Å². The molecule has 0 aromatic carbocycles. The van der Waals surface area contributed by atoms with Gasteiger partial charge in [0.05, 0.1) is 29.8 Å². The standard InChI is InChI=1S/C7H7ClN2O/c8-5-2-4-11-7(5)6(10)1-3-9/h2,4,6H,1,10H2/t6-/m1/s1. The minimum atomic E-state index is -0.414. The maximum atomic E-state index is 8.31. The van der Waals surface area contributed by atoms with Crippen LogP contribution in [0.1, 0.15) is 18.2 Å². The van der Waals surface area contributed by atoms with Gasteiger partial charge in [-0.2, -0.15) is 5.26 Å². The molecule has 58 valence electrons. The molecule has 1 aromatic heterocycles. The molecule has 0 bridgehead atoms. The van der Waals surface area contributed by atoms with Crippen molar-refractivity contribution in [2.45, 2.75) is 12.5 Å². The van der Waals surface area contributed by atoms with Crippen molar-refractivity contribution in [1.29, 1.82) is 5.26 Å². The summed E-state index contributed by atoms with van der Waals surface area (Å²) in [5, 5.41) is 8.79. The molecule has 11 heavy (non-hydrogen) atoms. The summed E-state index contributed by atoms with van der Waals surface area (Å²) in [6, 6.07) is 3.13. The van der Waals surface area contributed by atoms with Gasteiger partial charge in [-0.3, -0.25) is 0 Å². The lowest BCUT2D eigenvalue weighted by Gasteiger charge is -2.02. The van der Waals surface area contributed by atoms with Gasteiger partial charge < -0.3 is 10.2 Å². The van der Waals surface area contributed by atoms with Gasteiger partial charge in [-0.05, 0) is 6.07 Å². The molecule has 0 spiro atoms. The number of nitrogens with zero attached hydrogens (tertiary/aromatic N) is 1. The van der Waals surface area contributed by atoms with Crippen LogP contribution >= 0.6 is 11.6 Å². The van der Waals surface area contributed by atoms with Gasteiger partial charge in [-0.15, -0.1) is 0 Å². The molecule has 3 nitrogen and oxygen atoms in total. The minimum Gasteiger partial charge on any atom is -0.466 e. The van der Waals surface area contributed by atoms with Crippen molar-refractivity contribution in [1.82, 2.24) is 0 Å². The third-order valence-electron chi connectivity index (χ3n) is 1.29. The molecule has 1 aromatic rings. The monoisotopic (exact) mass is 170 g/mol. The van der Waals surface area contributed by atoms with Crippen LogP contribution < -0.4 is 5.73 Å². The third kappa shape index (κ3) is 1.73. The summed E-state index contributed by atoms with van der Waals surface area (Å²) in [5.74, 6) is 0.480. The summed E-state index contributed by atoms with van der Waals surface area (Å²) in [7, 11) is 0. The fourth-order valence-corrected chi connectivity index (χ4v) is 0.997. The van der Waals surface area contributed by atoms with E-state index < -0.39 is 6.04 Å². The van der Waals surface area contributed by atoms with Crippen molar-refractivity contribution in [2.24, 2.45) is 5.73 Å².